The number of aryl methyl sites for hydroxylation is 1. The third kappa shape index (κ3) is 2.73. The summed E-state index contributed by atoms with van der Waals surface area (Å²) in [4.78, 5) is 15.1. The maximum atomic E-state index is 11.0. The van der Waals surface area contributed by atoms with E-state index in [0.29, 0.717) is 18.8 Å². The van der Waals surface area contributed by atoms with Gasteiger partial charge in [0.25, 0.3) is 0 Å². The minimum Gasteiger partial charge on any atom is -0.384 e. The van der Waals surface area contributed by atoms with Gasteiger partial charge >= 0.3 is 0 Å². The summed E-state index contributed by atoms with van der Waals surface area (Å²) in [6.07, 6.45) is 0.501. The van der Waals surface area contributed by atoms with Gasteiger partial charge in [-0.05, 0) is 18.6 Å². The Morgan fingerprint density at radius 2 is 2.29 bits per heavy atom. The highest BCUT2D eigenvalue weighted by molar-refractivity contribution is 5.75. The Balaban J connectivity index is 2.63. The first-order valence-corrected chi connectivity index (χ1v) is 4.62. The van der Waals surface area contributed by atoms with Gasteiger partial charge in [-0.15, -0.1) is 0 Å². The Morgan fingerprint density at radius 3 is 2.86 bits per heavy atom. The number of rotatable bonds is 3. The fraction of sp³-hybridized carbons (Fsp3) is 0.400. The fourth-order valence-electron chi connectivity index (χ4n) is 1.11. The van der Waals surface area contributed by atoms with E-state index in [1.54, 1.807) is 6.07 Å². The molecular weight excluding hydrogens is 178 g/mol. The highest BCUT2D eigenvalue weighted by Gasteiger charge is 2.01. The number of aromatic nitrogens is 1. The van der Waals surface area contributed by atoms with Gasteiger partial charge in [0.1, 0.15) is 5.82 Å². The second-order valence-corrected chi connectivity index (χ2v) is 3.11. The number of hydrogen-bond acceptors (Lipinski definition) is 3. The van der Waals surface area contributed by atoms with Gasteiger partial charge in [0.15, 0.2) is 0 Å². The molecule has 0 atom stereocenters. The summed E-state index contributed by atoms with van der Waals surface area (Å²) < 4.78 is 0. The van der Waals surface area contributed by atoms with Crippen molar-refractivity contribution in [2.45, 2.75) is 26.8 Å². The predicted octanol–water partition coefficient (Wildman–Crippen LogP) is 0.998. The summed E-state index contributed by atoms with van der Waals surface area (Å²) >= 11 is 0. The number of pyridine rings is 1. The Hall–Kier alpha value is -1.58. The van der Waals surface area contributed by atoms with E-state index < -0.39 is 0 Å². The van der Waals surface area contributed by atoms with Gasteiger partial charge in [-0.1, -0.05) is 13.0 Å². The van der Waals surface area contributed by atoms with Gasteiger partial charge in [0.05, 0.1) is 0 Å². The Morgan fingerprint density at radius 1 is 1.57 bits per heavy atom. The molecule has 4 heteroatoms. The standard InChI is InChI=1S/C10H15N3O/c1-3-10(14)12-6-8-4-5-9(11)13-7(8)2/h4-5H,3,6H2,1-2H3,(H2,11,13)(H,12,14). The van der Waals surface area contributed by atoms with E-state index in [-0.39, 0.29) is 5.91 Å². The molecule has 0 bridgehead atoms. The second kappa shape index (κ2) is 4.60. The van der Waals surface area contributed by atoms with E-state index in [0.717, 1.165) is 11.3 Å². The monoisotopic (exact) mass is 193 g/mol. The molecular formula is C10H15N3O. The number of nitrogens with one attached hydrogen (secondary N) is 1. The number of nitrogens with two attached hydrogens (primary N) is 1. The van der Waals surface area contributed by atoms with Crippen LogP contribution in [0.15, 0.2) is 12.1 Å². The minimum atomic E-state index is 0.0428. The molecule has 0 aliphatic carbocycles. The molecule has 1 heterocycles. The highest BCUT2D eigenvalue weighted by Crippen LogP contribution is 2.07. The summed E-state index contributed by atoms with van der Waals surface area (Å²) in [7, 11) is 0. The summed E-state index contributed by atoms with van der Waals surface area (Å²) in [6.45, 7) is 4.22. The molecule has 1 aromatic heterocycles. The van der Waals surface area contributed by atoms with Crippen LogP contribution in [-0.2, 0) is 11.3 Å². The van der Waals surface area contributed by atoms with E-state index in [1.165, 1.54) is 0 Å². The quantitative estimate of drug-likeness (QED) is 0.752. The molecule has 0 unspecified atom stereocenters. The molecule has 3 N–H and O–H groups in total. The number of hydrogen-bond donors (Lipinski definition) is 2. The van der Waals surface area contributed by atoms with Gasteiger partial charge in [-0.3, -0.25) is 4.79 Å². The number of carbonyl (C=O) groups excluding carboxylic acids is 1. The summed E-state index contributed by atoms with van der Waals surface area (Å²) in [5, 5.41) is 2.79. The average Bonchev–Trinajstić information content (AvgIpc) is 2.16. The first kappa shape index (κ1) is 10.5. The van der Waals surface area contributed by atoms with Gasteiger partial charge in [0, 0.05) is 18.7 Å². The zero-order chi connectivity index (χ0) is 10.6. The Labute approximate surface area is 83.5 Å². The van der Waals surface area contributed by atoms with Crippen molar-refractivity contribution < 1.29 is 4.79 Å². The Bertz CT molecular complexity index is 336. The van der Waals surface area contributed by atoms with Crippen LogP contribution in [0, 0.1) is 6.92 Å². The summed E-state index contributed by atoms with van der Waals surface area (Å²) in [5.41, 5.74) is 7.37. The number of nitrogen functional groups attached to an aromatic ring is 1. The molecule has 14 heavy (non-hydrogen) atoms. The molecule has 0 fully saturated rings. The third-order valence-electron chi connectivity index (χ3n) is 2.01. The zero-order valence-corrected chi connectivity index (χ0v) is 8.50. The van der Waals surface area contributed by atoms with E-state index in [9.17, 15) is 4.79 Å². The summed E-state index contributed by atoms with van der Waals surface area (Å²) in [6, 6.07) is 3.62. The van der Waals surface area contributed by atoms with Crippen LogP contribution in [-0.4, -0.2) is 10.9 Å². The van der Waals surface area contributed by atoms with Gasteiger partial charge in [-0.25, -0.2) is 4.98 Å². The lowest BCUT2D eigenvalue weighted by Crippen LogP contribution is -2.22. The first-order chi connectivity index (χ1) is 6.63. The summed E-state index contributed by atoms with van der Waals surface area (Å²) in [5.74, 6) is 0.550. The normalized spacial score (nSPS) is 9.86. The van der Waals surface area contributed by atoms with Crippen LogP contribution < -0.4 is 11.1 Å². The third-order valence-corrected chi connectivity index (χ3v) is 2.01. The SMILES string of the molecule is CCC(=O)NCc1ccc(N)nc1C. The van der Waals surface area contributed by atoms with Gasteiger partial charge < -0.3 is 11.1 Å². The number of anilines is 1. The highest BCUT2D eigenvalue weighted by atomic mass is 16.1. The maximum Gasteiger partial charge on any atom is 0.219 e. The van der Waals surface area contributed by atoms with Crippen molar-refractivity contribution in [3.05, 3.63) is 23.4 Å². The maximum absolute atomic E-state index is 11.0. The molecule has 0 saturated carbocycles. The molecule has 0 radical (unpaired) electrons. The van der Waals surface area contributed by atoms with Crippen LogP contribution in [0.1, 0.15) is 24.6 Å². The smallest absolute Gasteiger partial charge is 0.219 e. The molecule has 0 spiro atoms. The largest absolute Gasteiger partial charge is 0.384 e. The van der Waals surface area contributed by atoms with E-state index in [1.807, 2.05) is 19.9 Å². The zero-order valence-electron chi connectivity index (χ0n) is 8.50. The average molecular weight is 193 g/mol. The van der Waals surface area contributed by atoms with Crippen LogP contribution in [0.3, 0.4) is 0 Å². The van der Waals surface area contributed by atoms with Gasteiger partial charge in [-0.2, -0.15) is 0 Å². The molecule has 0 aromatic carbocycles. The molecule has 4 nitrogen and oxygen atoms in total. The van der Waals surface area contributed by atoms with Crippen LogP contribution >= 0.6 is 0 Å². The predicted molar refractivity (Wildman–Crippen MR) is 55.5 cm³/mol. The van der Waals surface area contributed by atoms with Crippen LogP contribution in [0.4, 0.5) is 5.82 Å². The Kier molecular flexibility index (Phi) is 3.45. The lowest BCUT2D eigenvalue weighted by atomic mass is 10.2. The number of nitrogens with zero attached hydrogens (tertiary/aromatic N) is 1. The van der Waals surface area contributed by atoms with Crippen molar-refractivity contribution >= 4 is 11.7 Å². The van der Waals surface area contributed by atoms with E-state index in [4.69, 9.17) is 5.73 Å². The topological polar surface area (TPSA) is 68.0 Å². The molecule has 1 rings (SSSR count). The molecule has 0 saturated heterocycles. The molecule has 0 aliphatic heterocycles. The molecule has 76 valence electrons. The van der Waals surface area contributed by atoms with Gasteiger partial charge in [0.2, 0.25) is 5.91 Å². The minimum absolute atomic E-state index is 0.0428. The van der Waals surface area contributed by atoms with Crippen molar-refractivity contribution in [1.29, 1.82) is 0 Å². The molecule has 1 amide bonds. The van der Waals surface area contributed by atoms with Crippen molar-refractivity contribution in [2.24, 2.45) is 0 Å². The number of amides is 1. The van der Waals surface area contributed by atoms with Crippen molar-refractivity contribution in [2.75, 3.05) is 5.73 Å². The van der Waals surface area contributed by atoms with Crippen molar-refractivity contribution in [3.8, 4) is 0 Å². The van der Waals surface area contributed by atoms with Crippen LogP contribution in [0.2, 0.25) is 0 Å². The fourth-order valence-corrected chi connectivity index (χ4v) is 1.11. The van der Waals surface area contributed by atoms with E-state index in [2.05, 4.69) is 10.3 Å². The van der Waals surface area contributed by atoms with E-state index >= 15 is 0 Å². The lowest BCUT2D eigenvalue weighted by molar-refractivity contribution is -0.120. The first-order valence-electron chi connectivity index (χ1n) is 4.62. The second-order valence-electron chi connectivity index (χ2n) is 3.11. The molecule has 1 aromatic rings. The van der Waals surface area contributed by atoms with Crippen molar-refractivity contribution in [1.82, 2.24) is 10.3 Å². The number of carbonyl (C=O) groups is 1. The molecule has 0 aliphatic rings. The lowest BCUT2D eigenvalue weighted by Gasteiger charge is -2.06. The van der Waals surface area contributed by atoms with Crippen LogP contribution in [0.25, 0.3) is 0 Å². The van der Waals surface area contributed by atoms with Crippen molar-refractivity contribution in [3.63, 3.8) is 0 Å². The van der Waals surface area contributed by atoms with Crippen LogP contribution in [0.5, 0.6) is 0 Å².